The van der Waals surface area contributed by atoms with E-state index < -0.39 is 0 Å². The summed E-state index contributed by atoms with van der Waals surface area (Å²) in [7, 11) is 0. The minimum absolute atomic E-state index is 0.537. The molecule has 0 aromatic heterocycles. The van der Waals surface area contributed by atoms with Crippen LogP contribution in [0, 0.1) is 11.3 Å². The summed E-state index contributed by atoms with van der Waals surface area (Å²) in [5.74, 6) is 0. The third-order valence-electron chi connectivity index (χ3n) is 1.46. The van der Waals surface area contributed by atoms with E-state index in [0.717, 1.165) is 6.54 Å². The van der Waals surface area contributed by atoms with Crippen LogP contribution < -0.4 is 5.32 Å². The van der Waals surface area contributed by atoms with E-state index in [4.69, 9.17) is 5.26 Å². The van der Waals surface area contributed by atoms with Gasteiger partial charge in [0.1, 0.15) is 12.6 Å². The van der Waals surface area contributed by atoms with Gasteiger partial charge in [0.15, 0.2) is 6.54 Å². The van der Waals surface area contributed by atoms with Crippen LogP contribution in [-0.2, 0) is 6.54 Å². The van der Waals surface area contributed by atoms with Crippen LogP contribution in [0.5, 0.6) is 0 Å². The first kappa shape index (κ1) is 7.77. The highest BCUT2D eigenvalue weighted by atomic mass is 14.8. The van der Waals surface area contributed by atoms with Crippen molar-refractivity contribution in [2.75, 3.05) is 6.54 Å². The summed E-state index contributed by atoms with van der Waals surface area (Å²) < 4.78 is 0. The smallest absolute Gasteiger partial charge is 0.163 e. The van der Waals surface area contributed by atoms with Gasteiger partial charge >= 0.3 is 0 Å². The molecule has 0 aliphatic heterocycles. The summed E-state index contributed by atoms with van der Waals surface area (Å²) in [6, 6.07) is 12.2. The molecule has 0 aliphatic carbocycles. The van der Waals surface area contributed by atoms with Crippen LogP contribution in [0.2, 0.25) is 0 Å². The summed E-state index contributed by atoms with van der Waals surface area (Å²) in [6.07, 6.45) is 0. The largest absolute Gasteiger partial charge is 0.331 e. The highest BCUT2D eigenvalue weighted by Crippen LogP contribution is 1.93. The number of benzene rings is 1. The highest BCUT2D eigenvalue weighted by Gasteiger charge is 1.90. The van der Waals surface area contributed by atoms with Crippen LogP contribution in [0.4, 0.5) is 0 Å². The van der Waals surface area contributed by atoms with Gasteiger partial charge in [-0.3, -0.25) is 0 Å². The van der Waals surface area contributed by atoms with Crippen molar-refractivity contribution in [3.63, 3.8) is 0 Å². The van der Waals surface area contributed by atoms with Crippen molar-refractivity contribution in [1.29, 1.82) is 5.26 Å². The van der Waals surface area contributed by atoms with Crippen molar-refractivity contribution in [1.82, 2.24) is 0 Å². The molecule has 1 rings (SSSR count). The van der Waals surface area contributed by atoms with Crippen LogP contribution in [0.1, 0.15) is 5.56 Å². The fourth-order valence-corrected chi connectivity index (χ4v) is 0.917. The topological polar surface area (TPSA) is 40.4 Å². The van der Waals surface area contributed by atoms with Gasteiger partial charge in [-0.25, -0.2) is 0 Å². The molecule has 0 spiro atoms. The molecule has 0 radical (unpaired) electrons. The predicted octanol–water partition coefficient (Wildman–Crippen LogP) is 0.274. The molecular formula is C9H11N2+. The minimum atomic E-state index is 0.537. The van der Waals surface area contributed by atoms with Gasteiger partial charge in [0, 0.05) is 5.56 Å². The normalized spacial score (nSPS) is 9.00. The lowest BCUT2D eigenvalue weighted by molar-refractivity contribution is -0.660. The number of hydrogen-bond acceptors (Lipinski definition) is 1. The molecule has 0 amide bonds. The molecule has 2 N–H and O–H groups in total. The van der Waals surface area contributed by atoms with Gasteiger partial charge in [-0.15, -0.1) is 0 Å². The van der Waals surface area contributed by atoms with Crippen LogP contribution in [-0.4, -0.2) is 6.54 Å². The van der Waals surface area contributed by atoms with Gasteiger partial charge in [0.25, 0.3) is 0 Å². The van der Waals surface area contributed by atoms with Crippen molar-refractivity contribution < 1.29 is 5.32 Å². The Balaban J connectivity index is 2.35. The van der Waals surface area contributed by atoms with Gasteiger partial charge in [-0.05, 0) is 0 Å². The number of hydrogen-bond donors (Lipinski definition) is 1. The molecule has 0 bridgehead atoms. The van der Waals surface area contributed by atoms with E-state index in [0.29, 0.717) is 6.54 Å². The third-order valence-corrected chi connectivity index (χ3v) is 1.46. The second-order valence-corrected chi connectivity index (χ2v) is 2.34. The van der Waals surface area contributed by atoms with E-state index >= 15 is 0 Å². The molecule has 0 aliphatic rings. The van der Waals surface area contributed by atoms with Crippen LogP contribution in [0.15, 0.2) is 30.3 Å². The second kappa shape index (κ2) is 4.48. The van der Waals surface area contributed by atoms with Gasteiger partial charge in [0.05, 0.1) is 0 Å². The van der Waals surface area contributed by atoms with E-state index in [2.05, 4.69) is 18.2 Å². The average Bonchev–Trinajstić information content (AvgIpc) is 2.07. The maximum atomic E-state index is 8.26. The zero-order valence-electron chi connectivity index (χ0n) is 6.33. The third kappa shape index (κ3) is 2.83. The van der Waals surface area contributed by atoms with Crippen LogP contribution in [0.3, 0.4) is 0 Å². The van der Waals surface area contributed by atoms with E-state index in [-0.39, 0.29) is 0 Å². The summed E-state index contributed by atoms with van der Waals surface area (Å²) in [5, 5.41) is 10.2. The molecule has 2 nitrogen and oxygen atoms in total. The fourth-order valence-electron chi connectivity index (χ4n) is 0.917. The monoisotopic (exact) mass is 147 g/mol. The Bertz CT molecular complexity index is 235. The Morgan fingerprint density at radius 2 is 2.00 bits per heavy atom. The summed E-state index contributed by atoms with van der Waals surface area (Å²) >= 11 is 0. The summed E-state index contributed by atoms with van der Waals surface area (Å²) in [5.41, 5.74) is 1.27. The lowest BCUT2D eigenvalue weighted by atomic mass is 10.2. The Labute approximate surface area is 66.5 Å². The van der Waals surface area contributed by atoms with E-state index in [1.165, 1.54) is 5.56 Å². The second-order valence-electron chi connectivity index (χ2n) is 2.34. The SMILES string of the molecule is N#CC[NH2+]Cc1ccccc1. The average molecular weight is 147 g/mol. The van der Waals surface area contributed by atoms with E-state index in [1.54, 1.807) is 0 Å². The lowest BCUT2D eigenvalue weighted by Gasteiger charge is -1.95. The predicted molar refractivity (Wildman–Crippen MR) is 42.6 cm³/mol. The van der Waals surface area contributed by atoms with Crippen molar-refractivity contribution >= 4 is 0 Å². The maximum Gasteiger partial charge on any atom is 0.163 e. The molecule has 0 heterocycles. The van der Waals surface area contributed by atoms with Crippen molar-refractivity contribution in [3.05, 3.63) is 35.9 Å². The molecular weight excluding hydrogens is 136 g/mol. The van der Waals surface area contributed by atoms with Crippen molar-refractivity contribution in [2.24, 2.45) is 0 Å². The van der Waals surface area contributed by atoms with Crippen LogP contribution in [0.25, 0.3) is 0 Å². The van der Waals surface area contributed by atoms with Gasteiger partial charge in [0.2, 0.25) is 0 Å². The van der Waals surface area contributed by atoms with Gasteiger partial charge in [-0.2, -0.15) is 5.26 Å². The standard InChI is InChI=1S/C9H10N2/c10-6-7-11-8-9-4-2-1-3-5-9/h1-5,11H,7-8H2/p+1. The first-order valence-corrected chi connectivity index (χ1v) is 3.66. The van der Waals surface area contributed by atoms with E-state index in [9.17, 15) is 0 Å². The zero-order chi connectivity index (χ0) is 7.94. The first-order valence-electron chi connectivity index (χ1n) is 3.66. The number of quaternary nitrogens is 1. The van der Waals surface area contributed by atoms with Gasteiger partial charge < -0.3 is 5.32 Å². The van der Waals surface area contributed by atoms with Gasteiger partial charge in [-0.1, -0.05) is 30.3 Å². The highest BCUT2D eigenvalue weighted by molar-refractivity contribution is 5.12. The Hall–Kier alpha value is -1.33. The molecule has 11 heavy (non-hydrogen) atoms. The molecule has 0 fully saturated rings. The zero-order valence-corrected chi connectivity index (χ0v) is 6.33. The molecule has 0 saturated carbocycles. The number of nitrogens with two attached hydrogens (primary N) is 1. The Morgan fingerprint density at radius 1 is 1.27 bits per heavy atom. The quantitative estimate of drug-likeness (QED) is 0.484. The maximum absolute atomic E-state index is 8.26. The molecule has 0 unspecified atom stereocenters. The molecule has 1 aromatic rings. The summed E-state index contributed by atoms with van der Waals surface area (Å²) in [4.78, 5) is 0. The molecule has 56 valence electrons. The molecule has 1 aromatic carbocycles. The molecule has 0 saturated heterocycles. The molecule has 0 atom stereocenters. The lowest BCUT2D eigenvalue weighted by Crippen LogP contribution is -2.82. The Morgan fingerprint density at radius 3 is 2.64 bits per heavy atom. The molecule has 2 heteroatoms. The van der Waals surface area contributed by atoms with Crippen molar-refractivity contribution in [3.8, 4) is 6.07 Å². The van der Waals surface area contributed by atoms with E-state index in [1.807, 2.05) is 23.5 Å². The first-order chi connectivity index (χ1) is 5.43. The Kier molecular flexibility index (Phi) is 3.17. The van der Waals surface area contributed by atoms with Crippen LogP contribution >= 0.6 is 0 Å². The number of nitrogens with zero attached hydrogens (tertiary/aromatic N) is 1. The number of nitriles is 1. The number of rotatable bonds is 3. The fraction of sp³-hybridized carbons (Fsp3) is 0.222. The summed E-state index contributed by atoms with van der Waals surface area (Å²) in [6.45, 7) is 1.43. The van der Waals surface area contributed by atoms with Crippen molar-refractivity contribution in [2.45, 2.75) is 6.54 Å². The minimum Gasteiger partial charge on any atom is -0.331 e.